The van der Waals surface area contributed by atoms with Gasteiger partial charge in [0.15, 0.2) is 0 Å². The normalized spacial score (nSPS) is 11.0. The predicted molar refractivity (Wildman–Crippen MR) is 110 cm³/mol. The number of carboxylic acids is 1. The van der Waals surface area contributed by atoms with E-state index in [-0.39, 0.29) is 24.9 Å². The summed E-state index contributed by atoms with van der Waals surface area (Å²) in [6.07, 6.45) is 0.548. The summed E-state index contributed by atoms with van der Waals surface area (Å²) < 4.78 is 6.88. The highest BCUT2D eigenvalue weighted by Crippen LogP contribution is 2.28. The van der Waals surface area contributed by atoms with E-state index >= 15 is 0 Å². The van der Waals surface area contributed by atoms with Crippen LogP contribution >= 0.6 is 11.3 Å². The molecule has 9 heteroatoms. The molecule has 0 aliphatic carbocycles. The average Bonchev–Trinajstić information content (AvgIpc) is 3.01. The van der Waals surface area contributed by atoms with Crippen molar-refractivity contribution in [3.05, 3.63) is 56.4 Å². The minimum absolute atomic E-state index is 0.0618. The third kappa shape index (κ3) is 4.14. The van der Waals surface area contributed by atoms with Crippen LogP contribution in [0.25, 0.3) is 10.2 Å². The number of fused-ring (bicyclic) bond motifs is 1. The maximum Gasteiger partial charge on any atom is 0.303 e. The highest BCUT2D eigenvalue weighted by Gasteiger charge is 2.21. The smallest absolute Gasteiger partial charge is 0.303 e. The van der Waals surface area contributed by atoms with Gasteiger partial charge >= 0.3 is 5.97 Å². The number of carbonyl (C=O) groups is 2. The molecular formula is C20H21N3O5S. The summed E-state index contributed by atoms with van der Waals surface area (Å²) in [4.78, 5) is 41.2. The number of rotatable bonds is 8. The van der Waals surface area contributed by atoms with Gasteiger partial charge in [0.1, 0.15) is 16.4 Å². The Bertz CT molecular complexity index is 1150. The van der Waals surface area contributed by atoms with Gasteiger partial charge in [0, 0.05) is 24.9 Å². The zero-order valence-corrected chi connectivity index (χ0v) is 16.9. The Kier molecular flexibility index (Phi) is 5.97. The number of aromatic nitrogens is 2. The molecule has 0 aliphatic rings. The van der Waals surface area contributed by atoms with Crippen LogP contribution in [0, 0.1) is 6.92 Å². The summed E-state index contributed by atoms with van der Waals surface area (Å²) in [6, 6.07) is 7.41. The van der Waals surface area contributed by atoms with Crippen LogP contribution in [0.2, 0.25) is 0 Å². The number of aliphatic carboxylic acids is 1. The number of benzene rings is 1. The molecule has 3 rings (SSSR count). The molecule has 152 valence electrons. The lowest BCUT2D eigenvalue weighted by Gasteiger charge is -2.14. The fraction of sp³-hybridized carbons (Fsp3) is 0.300. The van der Waals surface area contributed by atoms with E-state index in [0.717, 1.165) is 16.9 Å². The van der Waals surface area contributed by atoms with Gasteiger partial charge in [0.25, 0.3) is 11.5 Å². The molecule has 0 unspecified atom stereocenters. The van der Waals surface area contributed by atoms with Gasteiger partial charge in [-0.1, -0.05) is 18.2 Å². The van der Waals surface area contributed by atoms with Crippen LogP contribution in [0.3, 0.4) is 0 Å². The number of nitrogens with two attached hydrogens (primary N) is 1. The topological polar surface area (TPSA) is 125 Å². The Balaban J connectivity index is 2.16. The fourth-order valence-corrected chi connectivity index (χ4v) is 4.31. The van der Waals surface area contributed by atoms with Crippen molar-refractivity contribution in [2.24, 2.45) is 5.73 Å². The first-order valence-electron chi connectivity index (χ1n) is 8.99. The Hall–Kier alpha value is -3.20. The van der Waals surface area contributed by atoms with Crippen LogP contribution in [-0.2, 0) is 17.8 Å². The molecule has 3 aromatic rings. The van der Waals surface area contributed by atoms with E-state index in [1.807, 2.05) is 24.3 Å². The molecule has 0 saturated heterocycles. The third-order valence-corrected chi connectivity index (χ3v) is 5.87. The number of amides is 1. The number of nitrogens with zero attached hydrogens (tertiary/aromatic N) is 2. The van der Waals surface area contributed by atoms with E-state index in [1.54, 1.807) is 14.0 Å². The van der Waals surface area contributed by atoms with Crippen molar-refractivity contribution in [2.75, 3.05) is 7.11 Å². The first-order chi connectivity index (χ1) is 13.8. The lowest BCUT2D eigenvalue weighted by Crippen LogP contribution is -2.26. The summed E-state index contributed by atoms with van der Waals surface area (Å²) in [6.45, 7) is 1.88. The fourth-order valence-electron chi connectivity index (χ4n) is 3.27. The van der Waals surface area contributed by atoms with E-state index in [9.17, 15) is 14.4 Å². The van der Waals surface area contributed by atoms with Gasteiger partial charge in [-0.05, 0) is 25.0 Å². The predicted octanol–water partition coefficient (Wildman–Crippen LogP) is 2.33. The maximum atomic E-state index is 13.2. The molecule has 0 bridgehead atoms. The van der Waals surface area contributed by atoms with Gasteiger partial charge in [-0.3, -0.25) is 19.0 Å². The van der Waals surface area contributed by atoms with Gasteiger partial charge in [0.05, 0.1) is 17.4 Å². The summed E-state index contributed by atoms with van der Waals surface area (Å²) >= 11 is 1.09. The van der Waals surface area contributed by atoms with Crippen LogP contribution in [0.5, 0.6) is 5.75 Å². The zero-order chi connectivity index (χ0) is 21.1. The van der Waals surface area contributed by atoms with Crippen molar-refractivity contribution in [1.29, 1.82) is 0 Å². The number of thiophene rings is 1. The Morgan fingerprint density at radius 3 is 2.69 bits per heavy atom. The number of carbonyl (C=O) groups excluding carboxylic acids is 1. The van der Waals surface area contributed by atoms with Crippen molar-refractivity contribution in [1.82, 2.24) is 9.55 Å². The van der Waals surface area contributed by atoms with Crippen molar-refractivity contribution < 1.29 is 19.4 Å². The molecule has 0 spiro atoms. The van der Waals surface area contributed by atoms with Crippen molar-refractivity contribution in [2.45, 2.75) is 32.7 Å². The number of methoxy groups -OCH3 is 1. The number of primary amides is 1. The summed E-state index contributed by atoms with van der Waals surface area (Å²) in [5.74, 6) is -0.386. The molecular weight excluding hydrogens is 394 g/mol. The monoisotopic (exact) mass is 415 g/mol. The summed E-state index contributed by atoms with van der Waals surface area (Å²) in [5.41, 5.74) is 6.48. The first-order valence-corrected chi connectivity index (χ1v) is 9.81. The Morgan fingerprint density at radius 1 is 1.31 bits per heavy atom. The van der Waals surface area contributed by atoms with E-state index in [2.05, 4.69) is 4.98 Å². The molecule has 3 N–H and O–H groups in total. The van der Waals surface area contributed by atoms with Gasteiger partial charge in [-0.2, -0.15) is 0 Å². The van der Waals surface area contributed by atoms with Crippen LogP contribution < -0.4 is 16.0 Å². The Morgan fingerprint density at radius 2 is 2.03 bits per heavy atom. The highest BCUT2D eigenvalue weighted by atomic mass is 32.1. The molecule has 0 radical (unpaired) electrons. The van der Waals surface area contributed by atoms with Crippen molar-refractivity contribution in [3.63, 3.8) is 0 Å². The molecule has 0 atom stereocenters. The second-order valence-electron chi connectivity index (χ2n) is 6.57. The lowest BCUT2D eigenvalue weighted by atomic mass is 10.1. The number of hydrogen-bond acceptors (Lipinski definition) is 6. The number of hydrogen-bond donors (Lipinski definition) is 2. The molecule has 1 aromatic carbocycles. The first kappa shape index (κ1) is 20.5. The molecule has 0 saturated carbocycles. The van der Waals surface area contributed by atoms with E-state index < -0.39 is 11.9 Å². The van der Waals surface area contributed by atoms with Gasteiger partial charge in [-0.25, -0.2) is 4.98 Å². The van der Waals surface area contributed by atoms with E-state index in [1.165, 1.54) is 4.57 Å². The SMILES string of the molecule is COc1ccccc1Cc1nc2sc(C(N)=O)c(C)c2c(=O)n1CCCC(=O)O. The van der Waals surface area contributed by atoms with Crippen LogP contribution in [-0.4, -0.2) is 33.6 Å². The minimum atomic E-state index is -0.930. The molecule has 2 aromatic heterocycles. The van der Waals surface area contributed by atoms with Gasteiger partial charge < -0.3 is 15.6 Å². The lowest BCUT2D eigenvalue weighted by molar-refractivity contribution is -0.137. The standard InChI is InChI=1S/C20H21N3O5S/c1-11-16-19(29-17(11)18(21)26)22-14(10-12-6-3-4-7-13(12)28-2)23(20(16)27)9-5-8-15(24)25/h3-4,6-7H,5,8-10H2,1-2H3,(H2,21,26)(H,24,25). The third-order valence-electron chi connectivity index (χ3n) is 4.67. The molecule has 1 amide bonds. The summed E-state index contributed by atoms with van der Waals surface area (Å²) in [7, 11) is 1.57. The number of ether oxygens (including phenoxy) is 1. The van der Waals surface area contributed by atoms with Gasteiger partial charge in [0.2, 0.25) is 0 Å². The van der Waals surface area contributed by atoms with Crippen molar-refractivity contribution in [3.8, 4) is 5.75 Å². The van der Waals surface area contributed by atoms with E-state index in [4.69, 9.17) is 15.6 Å². The minimum Gasteiger partial charge on any atom is -0.496 e. The number of para-hydroxylation sites is 1. The number of aryl methyl sites for hydroxylation is 1. The van der Waals surface area contributed by atoms with Crippen LogP contribution in [0.15, 0.2) is 29.1 Å². The second-order valence-corrected chi connectivity index (χ2v) is 7.57. The van der Waals surface area contributed by atoms with E-state index in [0.29, 0.717) is 38.7 Å². The zero-order valence-electron chi connectivity index (χ0n) is 16.1. The molecule has 29 heavy (non-hydrogen) atoms. The molecule has 8 nitrogen and oxygen atoms in total. The average molecular weight is 415 g/mol. The number of carboxylic acid groups (broad SMARTS) is 1. The molecule has 0 fully saturated rings. The van der Waals surface area contributed by atoms with Crippen LogP contribution in [0.1, 0.15) is 39.5 Å². The molecule has 2 heterocycles. The highest BCUT2D eigenvalue weighted by molar-refractivity contribution is 7.20. The summed E-state index contributed by atoms with van der Waals surface area (Å²) in [5, 5.41) is 9.29. The van der Waals surface area contributed by atoms with Crippen LogP contribution in [0.4, 0.5) is 0 Å². The van der Waals surface area contributed by atoms with Crippen molar-refractivity contribution >= 4 is 33.4 Å². The maximum absolute atomic E-state index is 13.2. The molecule has 0 aliphatic heterocycles. The second kappa shape index (κ2) is 8.44. The quantitative estimate of drug-likeness (QED) is 0.582. The Labute approximate surface area is 170 Å². The largest absolute Gasteiger partial charge is 0.496 e. The van der Waals surface area contributed by atoms with Gasteiger partial charge in [-0.15, -0.1) is 11.3 Å².